The number of pyridine rings is 1. The topological polar surface area (TPSA) is 73.1 Å². The van der Waals surface area contributed by atoms with E-state index in [1.54, 1.807) is 24.7 Å². The minimum atomic E-state index is -0.517. The first-order valence-electron chi connectivity index (χ1n) is 8.45. The molecule has 3 heterocycles. The number of carbonyl (C=O) groups excluding carboxylic acids is 1. The van der Waals surface area contributed by atoms with Crippen LogP contribution >= 0.6 is 0 Å². The molecule has 1 aliphatic rings. The Balaban J connectivity index is 1.58. The Morgan fingerprint density at radius 1 is 1.23 bits per heavy atom. The molecule has 2 aromatic heterocycles. The van der Waals surface area contributed by atoms with Crippen LogP contribution in [0.3, 0.4) is 0 Å². The second-order valence-corrected chi connectivity index (χ2v) is 6.41. The van der Waals surface area contributed by atoms with E-state index in [1.807, 2.05) is 42.2 Å². The lowest BCUT2D eigenvalue weighted by molar-refractivity contribution is -0.0930. The Bertz CT molecular complexity index is 897. The summed E-state index contributed by atoms with van der Waals surface area (Å²) in [6.07, 6.45) is 4.60. The van der Waals surface area contributed by atoms with E-state index in [0.29, 0.717) is 31.1 Å². The van der Waals surface area contributed by atoms with Crippen molar-refractivity contribution in [3.8, 4) is 5.82 Å². The van der Waals surface area contributed by atoms with E-state index in [2.05, 4.69) is 15.1 Å². The van der Waals surface area contributed by atoms with Crippen LogP contribution in [0, 0.1) is 0 Å². The van der Waals surface area contributed by atoms with Crippen molar-refractivity contribution < 1.29 is 9.53 Å². The van der Waals surface area contributed by atoms with Crippen LogP contribution in [0.2, 0.25) is 0 Å². The molecule has 7 heteroatoms. The van der Waals surface area contributed by atoms with Gasteiger partial charge in [-0.05, 0) is 24.6 Å². The average Bonchev–Trinajstić information content (AvgIpc) is 3.23. The van der Waals surface area contributed by atoms with Crippen LogP contribution in [0.15, 0.2) is 61.3 Å². The summed E-state index contributed by atoms with van der Waals surface area (Å²) in [5.41, 5.74) is 1.12. The van der Waals surface area contributed by atoms with Crippen LogP contribution < -0.4 is 0 Å². The monoisotopic (exact) mass is 349 g/mol. The van der Waals surface area contributed by atoms with E-state index in [-0.39, 0.29) is 5.91 Å². The van der Waals surface area contributed by atoms with Crippen LogP contribution in [-0.4, -0.2) is 50.3 Å². The van der Waals surface area contributed by atoms with Crippen molar-refractivity contribution >= 4 is 5.91 Å². The average molecular weight is 349 g/mol. The van der Waals surface area contributed by atoms with Gasteiger partial charge < -0.3 is 9.64 Å². The summed E-state index contributed by atoms with van der Waals surface area (Å²) in [7, 11) is 0. The summed E-state index contributed by atoms with van der Waals surface area (Å²) < 4.78 is 7.55. The molecule has 0 unspecified atom stereocenters. The Labute approximate surface area is 151 Å². The van der Waals surface area contributed by atoms with Gasteiger partial charge in [0.05, 0.1) is 13.2 Å². The van der Waals surface area contributed by atoms with Gasteiger partial charge in [0.2, 0.25) is 0 Å². The van der Waals surface area contributed by atoms with Crippen molar-refractivity contribution in [1.82, 2.24) is 24.6 Å². The molecule has 0 saturated carbocycles. The highest BCUT2D eigenvalue weighted by molar-refractivity contribution is 5.94. The molecule has 3 aromatic rings. The molecule has 0 bridgehead atoms. The van der Waals surface area contributed by atoms with Gasteiger partial charge in [0, 0.05) is 18.3 Å². The second-order valence-electron chi connectivity index (χ2n) is 6.41. The number of ether oxygens (including phenoxy) is 1. The van der Waals surface area contributed by atoms with Gasteiger partial charge in [0.15, 0.2) is 5.82 Å². The third-order valence-corrected chi connectivity index (χ3v) is 4.59. The van der Waals surface area contributed by atoms with Gasteiger partial charge in [0.25, 0.3) is 5.91 Å². The van der Waals surface area contributed by atoms with Crippen LogP contribution in [0.25, 0.3) is 5.82 Å². The van der Waals surface area contributed by atoms with Crippen molar-refractivity contribution in [2.75, 3.05) is 19.7 Å². The molecule has 0 radical (unpaired) electrons. The fraction of sp³-hybridized carbons (Fsp3) is 0.263. The van der Waals surface area contributed by atoms with Gasteiger partial charge in [0.1, 0.15) is 18.3 Å². The van der Waals surface area contributed by atoms with E-state index in [1.165, 1.54) is 11.0 Å². The zero-order chi connectivity index (χ0) is 18.0. The van der Waals surface area contributed by atoms with Crippen LogP contribution in [0.1, 0.15) is 22.8 Å². The number of morpholine rings is 1. The van der Waals surface area contributed by atoms with Crippen molar-refractivity contribution in [2.24, 2.45) is 0 Å². The van der Waals surface area contributed by atoms with E-state index < -0.39 is 5.60 Å². The number of carbonyl (C=O) groups is 1. The first kappa shape index (κ1) is 16.4. The molecule has 1 saturated heterocycles. The standard InChI is InChI=1S/C19H19N5O2/c1-19(16-5-3-2-4-6-16)12-23(9-10-26-19)18(25)15-7-8-21-17(11-15)24-14-20-13-22-24/h2-8,11,13-14H,9-10,12H2,1H3/t19-/m1/s1. The SMILES string of the molecule is C[C@]1(c2ccccc2)CN(C(=O)c2ccnc(-n3cncn3)c2)CCO1. The minimum absolute atomic E-state index is 0.0424. The van der Waals surface area contributed by atoms with Gasteiger partial charge in [-0.25, -0.2) is 14.6 Å². The van der Waals surface area contributed by atoms with Crippen LogP contribution in [0.4, 0.5) is 0 Å². The summed E-state index contributed by atoms with van der Waals surface area (Å²) in [6.45, 7) is 3.58. The quantitative estimate of drug-likeness (QED) is 0.724. The lowest BCUT2D eigenvalue weighted by atomic mass is 9.93. The van der Waals surface area contributed by atoms with Crippen LogP contribution in [-0.2, 0) is 10.3 Å². The molecule has 1 atom stereocenters. The number of aromatic nitrogens is 4. The molecule has 7 nitrogen and oxygen atoms in total. The summed E-state index contributed by atoms with van der Waals surface area (Å²) in [5.74, 6) is 0.520. The third kappa shape index (κ3) is 3.09. The lowest BCUT2D eigenvalue weighted by Crippen LogP contribution is -2.50. The fourth-order valence-electron chi connectivity index (χ4n) is 3.19. The smallest absolute Gasteiger partial charge is 0.254 e. The molecule has 1 aliphatic heterocycles. The van der Waals surface area contributed by atoms with Gasteiger partial charge in [-0.2, -0.15) is 5.10 Å². The number of hydrogen-bond donors (Lipinski definition) is 0. The molecule has 0 N–H and O–H groups in total. The molecule has 4 rings (SSSR count). The largest absolute Gasteiger partial charge is 0.367 e. The predicted octanol–water partition coefficient (Wildman–Crippen LogP) is 2.05. The number of rotatable bonds is 3. The Kier molecular flexibility index (Phi) is 4.22. The van der Waals surface area contributed by atoms with E-state index >= 15 is 0 Å². The van der Waals surface area contributed by atoms with Gasteiger partial charge in [-0.1, -0.05) is 30.3 Å². The highest BCUT2D eigenvalue weighted by atomic mass is 16.5. The summed E-state index contributed by atoms with van der Waals surface area (Å²) in [4.78, 5) is 23.0. The molecule has 1 fully saturated rings. The van der Waals surface area contributed by atoms with Gasteiger partial charge in [-0.15, -0.1) is 0 Å². The maximum atomic E-state index is 13.0. The van der Waals surface area contributed by atoms with E-state index in [0.717, 1.165) is 5.56 Å². The van der Waals surface area contributed by atoms with Crippen LogP contribution in [0.5, 0.6) is 0 Å². The molecule has 0 spiro atoms. The van der Waals surface area contributed by atoms with Crippen molar-refractivity contribution in [2.45, 2.75) is 12.5 Å². The molecule has 0 aliphatic carbocycles. The number of hydrogen-bond acceptors (Lipinski definition) is 5. The first-order chi connectivity index (χ1) is 12.7. The zero-order valence-corrected chi connectivity index (χ0v) is 14.4. The number of nitrogens with zero attached hydrogens (tertiary/aromatic N) is 5. The minimum Gasteiger partial charge on any atom is -0.367 e. The number of benzene rings is 1. The normalized spacial score (nSPS) is 20.1. The zero-order valence-electron chi connectivity index (χ0n) is 14.4. The Morgan fingerprint density at radius 3 is 2.85 bits per heavy atom. The summed E-state index contributed by atoms with van der Waals surface area (Å²) in [5, 5.41) is 4.06. The first-order valence-corrected chi connectivity index (χ1v) is 8.45. The molecule has 1 amide bonds. The van der Waals surface area contributed by atoms with Gasteiger partial charge >= 0.3 is 0 Å². The van der Waals surface area contributed by atoms with Gasteiger partial charge in [-0.3, -0.25) is 4.79 Å². The number of amides is 1. The van der Waals surface area contributed by atoms with E-state index in [4.69, 9.17) is 4.74 Å². The van der Waals surface area contributed by atoms with Crippen molar-refractivity contribution in [1.29, 1.82) is 0 Å². The molecular weight excluding hydrogens is 330 g/mol. The Hall–Kier alpha value is -3.06. The fourth-order valence-corrected chi connectivity index (χ4v) is 3.19. The van der Waals surface area contributed by atoms with Crippen molar-refractivity contribution in [3.63, 3.8) is 0 Å². The lowest BCUT2D eigenvalue weighted by Gasteiger charge is -2.41. The summed E-state index contributed by atoms with van der Waals surface area (Å²) >= 11 is 0. The molecule has 1 aromatic carbocycles. The highest BCUT2D eigenvalue weighted by Gasteiger charge is 2.36. The highest BCUT2D eigenvalue weighted by Crippen LogP contribution is 2.30. The maximum absolute atomic E-state index is 13.0. The van der Waals surface area contributed by atoms with E-state index in [9.17, 15) is 4.79 Å². The second kappa shape index (κ2) is 6.68. The Morgan fingerprint density at radius 2 is 2.08 bits per heavy atom. The molecule has 26 heavy (non-hydrogen) atoms. The summed E-state index contributed by atoms with van der Waals surface area (Å²) in [6, 6.07) is 13.5. The molecular formula is C19H19N5O2. The predicted molar refractivity (Wildman–Crippen MR) is 94.8 cm³/mol. The van der Waals surface area contributed by atoms with Crippen molar-refractivity contribution in [3.05, 3.63) is 72.4 Å². The maximum Gasteiger partial charge on any atom is 0.254 e. The third-order valence-electron chi connectivity index (χ3n) is 4.59. The molecule has 132 valence electrons.